The van der Waals surface area contributed by atoms with Gasteiger partial charge in [-0.25, -0.2) is 0 Å². The zero-order valence-electron chi connectivity index (χ0n) is 26.4. The van der Waals surface area contributed by atoms with Crippen molar-refractivity contribution in [2.75, 3.05) is 23.3 Å². The molecule has 220 valence electrons. The Morgan fingerprint density at radius 2 is 1.55 bits per heavy atom. The van der Waals surface area contributed by atoms with Crippen molar-refractivity contribution < 1.29 is 4.79 Å². The lowest BCUT2D eigenvalue weighted by Gasteiger charge is -2.30. The lowest BCUT2D eigenvalue weighted by molar-refractivity contribution is -0.120. The molecule has 1 amide bonds. The van der Waals surface area contributed by atoms with Crippen molar-refractivity contribution in [3.8, 4) is 24.5 Å². The van der Waals surface area contributed by atoms with Gasteiger partial charge in [0.25, 0.3) is 0 Å². The van der Waals surface area contributed by atoms with Crippen molar-refractivity contribution in [1.82, 2.24) is 0 Å². The average Bonchev–Trinajstić information content (AvgIpc) is 2.96. The van der Waals surface area contributed by atoms with Crippen LogP contribution in [0.5, 0.6) is 0 Å². The van der Waals surface area contributed by atoms with Gasteiger partial charge in [0.2, 0.25) is 5.91 Å². The maximum absolute atomic E-state index is 13.3. The zero-order valence-corrected chi connectivity index (χ0v) is 26.4. The molecule has 1 N–H and O–H groups in total. The number of unbranched alkanes of at least 4 members (excludes halogenated alkanes) is 3. The van der Waals surface area contributed by atoms with Crippen LogP contribution in [0.1, 0.15) is 125 Å². The second-order valence-electron chi connectivity index (χ2n) is 10.5. The number of nitrogens with one attached hydrogen (secondary N) is 1. The molecule has 0 aliphatic rings. The monoisotopic (exact) mass is 546 g/mol. The highest BCUT2D eigenvalue weighted by Crippen LogP contribution is 2.32. The molecule has 0 saturated heterocycles. The van der Waals surface area contributed by atoms with E-state index in [2.05, 4.69) is 63.7 Å². The number of carbonyl (C=O) groups excluding carboxylic acids is 1. The number of nitriles is 2. The van der Waals surface area contributed by atoms with E-state index in [0.717, 1.165) is 63.7 Å². The number of carbonyl (C=O) groups is 1. The van der Waals surface area contributed by atoms with Gasteiger partial charge in [0, 0.05) is 30.3 Å². The molecule has 0 heterocycles. The number of hydrogen-bond acceptors (Lipinski definition) is 4. The first-order chi connectivity index (χ1) is 19.3. The van der Waals surface area contributed by atoms with Gasteiger partial charge in [0.05, 0.1) is 11.3 Å². The molecule has 0 saturated carbocycles. The van der Waals surface area contributed by atoms with E-state index >= 15 is 0 Å². The summed E-state index contributed by atoms with van der Waals surface area (Å²) in [4.78, 5) is 15.7. The van der Waals surface area contributed by atoms with Crippen LogP contribution in [-0.2, 0) is 4.79 Å². The molecule has 0 bridgehead atoms. The topological polar surface area (TPSA) is 79.9 Å². The minimum atomic E-state index is -0.108. The van der Waals surface area contributed by atoms with E-state index < -0.39 is 0 Å². The first kappa shape index (κ1) is 36.8. The van der Waals surface area contributed by atoms with E-state index in [-0.39, 0.29) is 23.0 Å². The molecule has 0 aromatic heterocycles. The highest BCUT2D eigenvalue weighted by Gasteiger charge is 2.21. The van der Waals surface area contributed by atoms with E-state index in [0.29, 0.717) is 17.2 Å². The summed E-state index contributed by atoms with van der Waals surface area (Å²) in [6.07, 6.45) is 17.3. The molecule has 0 aliphatic carbocycles. The Labute approximate surface area is 246 Å². The Morgan fingerprint density at radius 1 is 0.925 bits per heavy atom. The van der Waals surface area contributed by atoms with Crippen LogP contribution in [0.15, 0.2) is 23.8 Å². The highest BCUT2D eigenvalue weighted by molar-refractivity contribution is 5.99. The third-order valence-electron chi connectivity index (χ3n) is 7.09. The van der Waals surface area contributed by atoms with Crippen molar-refractivity contribution >= 4 is 22.9 Å². The van der Waals surface area contributed by atoms with Crippen LogP contribution in [0.2, 0.25) is 0 Å². The van der Waals surface area contributed by atoms with E-state index in [1.54, 1.807) is 0 Å². The van der Waals surface area contributed by atoms with Crippen LogP contribution in [-0.4, -0.2) is 19.0 Å². The highest BCUT2D eigenvalue weighted by atomic mass is 16.1. The van der Waals surface area contributed by atoms with Gasteiger partial charge in [-0.05, 0) is 49.8 Å². The van der Waals surface area contributed by atoms with Crippen LogP contribution in [0.4, 0.5) is 11.4 Å². The fourth-order valence-corrected chi connectivity index (χ4v) is 4.57. The third kappa shape index (κ3) is 12.7. The standard InChI is InChI=1S/C32H46N4O.C3H8/c1-7-13-16-25(10-4)24-36(20-15-9-3)28-18-19-29(30(23-34)27(12-6)22-33)31(21-28)35-32(37)26(11-5)17-14-8-2;1-3-2/h6,18-19,21,25-26H,7-11,13-17,20,24H2,1-5H3,(H,35,37);3H2,1-2H3/b30-27+;. The summed E-state index contributed by atoms with van der Waals surface area (Å²) >= 11 is 0. The lowest BCUT2D eigenvalue weighted by Crippen LogP contribution is -2.31. The maximum Gasteiger partial charge on any atom is 0.227 e. The third-order valence-corrected chi connectivity index (χ3v) is 7.09. The SMILES string of the molecule is C#C/C(C#N)=C(/C#N)c1ccc(N(CCCC)CC(CC)CCCC)cc1NC(=O)C(CC)CCCC.CCC. The predicted octanol–water partition coefficient (Wildman–Crippen LogP) is 9.51. The number of nitrogens with zero attached hydrogens (tertiary/aromatic N) is 3. The van der Waals surface area contributed by atoms with Crippen molar-refractivity contribution in [3.63, 3.8) is 0 Å². The first-order valence-electron chi connectivity index (χ1n) is 15.6. The molecule has 5 nitrogen and oxygen atoms in total. The minimum absolute atomic E-state index is 0.0303. The summed E-state index contributed by atoms with van der Waals surface area (Å²) in [6.45, 7) is 16.9. The second-order valence-corrected chi connectivity index (χ2v) is 10.5. The van der Waals surface area contributed by atoms with Crippen molar-refractivity contribution in [2.24, 2.45) is 11.8 Å². The normalized spacial score (nSPS) is 12.4. The molecule has 1 aromatic carbocycles. The molecule has 5 heteroatoms. The Kier molecular flexibility index (Phi) is 20.7. The Balaban J connectivity index is 0.00000483. The molecule has 1 rings (SSSR count). The molecule has 40 heavy (non-hydrogen) atoms. The summed E-state index contributed by atoms with van der Waals surface area (Å²) in [5.74, 6) is 2.76. The number of terminal acetylenes is 1. The van der Waals surface area contributed by atoms with Crippen molar-refractivity contribution in [2.45, 2.75) is 119 Å². The average molecular weight is 547 g/mol. The van der Waals surface area contributed by atoms with Gasteiger partial charge in [0.1, 0.15) is 17.7 Å². The summed E-state index contributed by atoms with van der Waals surface area (Å²) < 4.78 is 0. The quantitative estimate of drug-likeness (QED) is 0.156. The largest absolute Gasteiger partial charge is 0.371 e. The minimum Gasteiger partial charge on any atom is -0.371 e. The van der Waals surface area contributed by atoms with Gasteiger partial charge in [-0.2, -0.15) is 10.5 Å². The number of rotatable bonds is 17. The molecule has 2 atom stereocenters. The Bertz CT molecular complexity index is 1010. The molecular formula is C35H54N4O. The molecule has 2 unspecified atom stereocenters. The predicted molar refractivity (Wildman–Crippen MR) is 172 cm³/mol. The van der Waals surface area contributed by atoms with Crippen molar-refractivity contribution in [1.29, 1.82) is 10.5 Å². The zero-order chi connectivity index (χ0) is 30.3. The molecular weight excluding hydrogens is 492 g/mol. The van der Waals surface area contributed by atoms with Crippen LogP contribution in [0, 0.1) is 46.8 Å². The Hall–Kier alpha value is -3.23. The van der Waals surface area contributed by atoms with Crippen molar-refractivity contribution in [3.05, 3.63) is 29.3 Å². The number of benzene rings is 1. The molecule has 0 radical (unpaired) electrons. The van der Waals surface area contributed by atoms with E-state index in [1.807, 2.05) is 31.2 Å². The van der Waals surface area contributed by atoms with Crippen LogP contribution < -0.4 is 10.2 Å². The fraction of sp³-hybridized carbons (Fsp3) is 0.629. The van der Waals surface area contributed by atoms with E-state index in [4.69, 9.17) is 6.42 Å². The molecule has 0 aliphatic heterocycles. The number of allylic oxidation sites excluding steroid dienone is 2. The van der Waals surface area contributed by atoms with E-state index in [9.17, 15) is 15.3 Å². The van der Waals surface area contributed by atoms with Gasteiger partial charge in [-0.15, -0.1) is 6.42 Å². The fourth-order valence-electron chi connectivity index (χ4n) is 4.57. The van der Waals surface area contributed by atoms with Crippen LogP contribution in [0.3, 0.4) is 0 Å². The number of anilines is 2. The number of amides is 1. The number of hydrogen-bond donors (Lipinski definition) is 1. The summed E-state index contributed by atoms with van der Waals surface area (Å²) in [7, 11) is 0. The Morgan fingerprint density at radius 3 is 2.05 bits per heavy atom. The summed E-state index contributed by atoms with van der Waals surface area (Å²) in [5, 5.41) is 22.5. The van der Waals surface area contributed by atoms with Gasteiger partial charge < -0.3 is 10.2 Å². The van der Waals surface area contributed by atoms with Crippen LogP contribution in [0.25, 0.3) is 5.57 Å². The summed E-state index contributed by atoms with van der Waals surface area (Å²) in [6, 6.07) is 9.85. The van der Waals surface area contributed by atoms with Gasteiger partial charge >= 0.3 is 0 Å². The molecule has 0 fully saturated rings. The van der Waals surface area contributed by atoms with Crippen LogP contribution >= 0.6 is 0 Å². The summed E-state index contributed by atoms with van der Waals surface area (Å²) in [5.41, 5.74) is 2.13. The lowest BCUT2D eigenvalue weighted by atomic mass is 9.95. The maximum atomic E-state index is 13.3. The second kappa shape index (κ2) is 22.6. The van der Waals surface area contributed by atoms with Gasteiger partial charge in [-0.3, -0.25) is 4.79 Å². The van der Waals surface area contributed by atoms with Gasteiger partial charge in [0.15, 0.2) is 0 Å². The molecule has 1 aromatic rings. The molecule has 0 spiro atoms. The smallest absolute Gasteiger partial charge is 0.227 e. The van der Waals surface area contributed by atoms with E-state index in [1.165, 1.54) is 25.7 Å². The first-order valence-corrected chi connectivity index (χ1v) is 15.6. The van der Waals surface area contributed by atoms with Gasteiger partial charge in [-0.1, -0.05) is 99.3 Å².